The molecule has 0 saturated carbocycles. The smallest absolute Gasteiger partial charge is 0.280 e. The summed E-state index contributed by atoms with van der Waals surface area (Å²) in [6.07, 6.45) is 1.55. The molecule has 7 heteroatoms. The van der Waals surface area contributed by atoms with Crippen molar-refractivity contribution >= 4 is 22.5 Å². The van der Waals surface area contributed by atoms with E-state index in [1.54, 1.807) is 49.6 Å². The van der Waals surface area contributed by atoms with Gasteiger partial charge in [0.05, 0.1) is 29.4 Å². The summed E-state index contributed by atoms with van der Waals surface area (Å²) in [7, 11) is 0. The minimum absolute atomic E-state index is 0.203. The molecule has 0 aliphatic heterocycles. The molecule has 0 aliphatic carbocycles. The van der Waals surface area contributed by atoms with Crippen molar-refractivity contribution in [2.24, 2.45) is 0 Å². The third-order valence-electron chi connectivity index (χ3n) is 4.20. The predicted octanol–water partition coefficient (Wildman–Crippen LogP) is 3.08. The van der Waals surface area contributed by atoms with E-state index in [9.17, 15) is 9.59 Å². The van der Waals surface area contributed by atoms with Crippen molar-refractivity contribution in [3.63, 3.8) is 0 Å². The standard InChI is InChI=1S/C18H14ClN3O3/c1-11-17-15(9-16(23)21(11)10-14-3-2-8-25-14)20-22(18(17)24)13-6-4-12(19)5-7-13/h2-9,20H,10H2,1H3. The molecule has 0 radical (unpaired) electrons. The van der Waals surface area contributed by atoms with Crippen molar-refractivity contribution in [2.45, 2.75) is 13.5 Å². The lowest BCUT2D eigenvalue weighted by molar-refractivity contribution is 0.487. The van der Waals surface area contributed by atoms with E-state index in [-0.39, 0.29) is 17.7 Å². The minimum atomic E-state index is -0.219. The van der Waals surface area contributed by atoms with Crippen LogP contribution in [0.5, 0.6) is 0 Å². The van der Waals surface area contributed by atoms with Gasteiger partial charge in [-0.3, -0.25) is 14.7 Å². The van der Waals surface area contributed by atoms with Crippen LogP contribution < -0.4 is 11.1 Å². The normalized spacial score (nSPS) is 11.3. The number of pyridine rings is 1. The quantitative estimate of drug-likeness (QED) is 0.613. The molecule has 0 unspecified atom stereocenters. The van der Waals surface area contributed by atoms with E-state index >= 15 is 0 Å². The number of H-pyrrole nitrogens is 1. The maximum absolute atomic E-state index is 12.9. The second-order valence-electron chi connectivity index (χ2n) is 5.75. The van der Waals surface area contributed by atoms with Crippen molar-refractivity contribution < 1.29 is 4.42 Å². The molecule has 4 rings (SSSR count). The predicted molar refractivity (Wildman–Crippen MR) is 95.7 cm³/mol. The Morgan fingerprint density at radius 3 is 2.60 bits per heavy atom. The van der Waals surface area contributed by atoms with Gasteiger partial charge in [-0.2, -0.15) is 0 Å². The number of benzene rings is 1. The van der Waals surface area contributed by atoms with E-state index in [1.165, 1.54) is 15.3 Å². The molecule has 0 fully saturated rings. The summed E-state index contributed by atoms with van der Waals surface area (Å²) in [5.41, 5.74) is 1.31. The molecule has 126 valence electrons. The van der Waals surface area contributed by atoms with E-state index in [4.69, 9.17) is 16.0 Å². The van der Waals surface area contributed by atoms with Crippen molar-refractivity contribution in [3.8, 4) is 5.69 Å². The fourth-order valence-corrected chi connectivity index (χ4v) is 3.06. The van der Waals surface area contributed by atoms with E-state index in [2.05, 4.69) is 5.10 Å². The van der Waals surface area contributed by atoms with Gasteiger partial charge in [-0.1, -0.05) is 11.6 Å². The number of fused-ring (bicyclic) bond motifs is 1. The van der Waals surface area contributed by atoms with Crippen LogP contribution in [0.25, 0.3) is 16.6 Å². The lowest BCUT2D eigenvalue weighted by Crippen LogP contribution is -2.23. The maximum atomic E-state index is 12.9. The molecule has 0 saturated heterocycles. The summed E-state index contributed by atoms with van der Waals surface area (Å²) < 4.78 is 8.25. The van der Waals surface area contributed by atoms with Gasteiger partial charge in [-0.05, 0) is 43.3 Å². The third kappa shape index (κ3) is 2.60. The third-order valence-corrected chi connectivity index (χ3v) is 4.45. The van der Waals surface area contributed by atoms with Crippen LogP contribution in [-0.2, 0) is 6.54 Å². The average Bonchev–Trinajstić information content (AvgIpc) is 3.20. The molecule has 0 amide bonds. The summed E-state index contributed by atoms with van der Waals surface area (Å²) in [4.78, 5) is 25.3. The van der Waals surface area contributed by atoms with Gasteiger partial charge >= 0.3 is 0 Å². The van der Waals surface area contributed by atoms with Crippen LogP contribution in [0.1, 0.15) is 11.5 Å². The monoisotopic (exact) mass is 355 g/mol. The number of nitrogens with one attached hydrogen (secondary N) is 1. The summed E-state index contributed by atoms with van der Waals surface area (Å²) >= 11 is 5.90. The Morgan fingerprint density at radius 2 is 1.92 bits per heavy atom. The highest BCUT2D eigenvalue weighted by Crippen LogP contribution is 2.16. The second kappa shape index (κ2) is 5.82. The minimum Gasteiger partial charge on any atom is -0.467 e. The van der Waals surface area contributed by atoms with Crippen LogP contribution in [0.3, 0.4) is 0 Å². The first kappa shape index (κ1) is 15.5. The summed E-state index contributed by atoms with van der Waals surface area (Å²) in [6, 6.07) is 11.9. The molecule has 0 aliphatic rings. The molecule has 4 aromatic rings. The van der Waals surface area contributed by atoms with Crippen molar-refractivity contribution in [3.05, 3.63) is 85.9 Å². The van der Waals surface area contributed by atoms with Gasteiger partial charge in [0.1, 0.15) is 5.76 Å². The zero-order valence-electron chi connectivity index (χ0n) is 13.3. The van der Waals surface area contributed by atoms with Crippen LogP contribution in [0.15, 0.2) is 62.7 Å². The van der Waals surface area contributed by atoms with E-state index in [0.29, 0.717) is 33.1 Å². The van der Waals surface area contributed by atoms with Gasteiger partial charge in [0.2, 0.25) is 0 Å². The molecule has 25 heavy (non-hydrogen) atoms. The maximum Gasteiger partial charge on any atom is 0.280 e. The first-order valence-electron chi connectivity index (χ1n) is 7.68. The Bertz CT molecular complexity index is 1170. The summed E-state index contributed by atoms with van der Waals surface area (Å²) in [6.45, 7) is 2.04. The zero-order chi connectivity index (χ0) is 17.6. The summed E-state index contributed by atoms with van der Waals surface area (Å²) in [5.74, 6) is 0.651. The number of nitrogens with zero attached hydrogens (tertiary/aromatic N) is 2. The van der Waals surface area contributed by atoms with Crippen LogP contribution in [0.2, 0.25) is 5.02 Å². The van der Waals surface area contributed by atoms with Gasteiger partial charge in [-0.15, -0.1) is 0 Å². The Morgan fingerprint density at radius 1 is 1.16 bits per heavy atom. The van der Waals surface area contributed by atoms with Crippen molar-refractivity contribution in [2.75, 3.05) is 0 Å². The van der Waals surface area contributed by atoms with Crippen LogP contribution in [-0.4, -0.2) is 14.3 Å². The fourth-order valence-electron chi connectivity index (χ4n) is 2.94. The molecule has 0 bridgehead atoms. The first-order chi connectivity index (χ1) is 12.0. The van der Waals surface area contributed by atoms with Crippen LogP contribution >= 0.6 is 11.6 Å². The highest BCUT2D eigenvalue weighted by molar-refractivity contribution is 6.30. The van der Waals surface area contributed by atoms with Crippen LogP contribution in [0, 0.1) is 6.92 Å². The van der Waals surface area contributed by atoms with E-state index in [0.717, 1.165) is 0 Å². The fraction of sp³-hybridized carbons (Fsp3) is 0.111. The Labute approximate surface area is 146 Å². The number of aromatic nitrogens is 3. The van der Waals surface area contributed by atoms with Crippen molar-refractivity contribution in [1.29, 1.82) is 0 Å². The van der Waals surface area contributed by atoms with E-state index < -0.39 is 0 Å². The second-order valence-corrected chi connectivity index (χ2v) is 6.19. The highest BCUT2D eigenvalue weighted by atomic mass is 35.5. The number of hydrogen-bond donors (Lipinski definition) is 1. The summed E-state index contributed by atoms with van der Waals surface area (Å²) in [5, 5.41) is 4.05. The van der Waals surface area contributed by atoms with E-state index in [1.807, 2.05) is 0 Å². The molecule has 6 nitrogen and oxygen atoms in total. The highest BCUT2D eigenvalue weighted by Gasteiger charge is 2.15. The first-order valence-corrected chi connectivity index (χ1v) is 8.06. The molecular weight excluding hydrogens is 342 g/mol. The van der Waals surface area contributed by atoms with Crippen LogP contribution in [0.4, 0.5) is 0 Å². The van der Waals surface area contributed by atoms with Crippen molar-refractivity contribution in [1.82, 2.24) is 14.3 Å². The number of furan rings is 1. The Hall–Kier alpha value is -2.99. The topological polar surface area (TPSA) is 72.9 Å². The average molecular weight is 356 g/mol. The number of rotatable bonds is 3. The Balaban J connectivity index is 1.92. The lowest BCUT2D eigenvalue weighted by Gasteiger charge is -2.08. The number of halogens is 1. The zero-order valence-corrected chi connectivity index (χ0v) is 14.1. The van der Waals surface area contributed by atoms with Gasteiger partial charge in [-0.25, -0.2) is 4.68 Å². The Kier molecular flexibility index (Phi) is 3.62. The molecular formula is C18H14ClN3O3. The largest absolute Gasteiger partial charge is 0.467 e. The van der Waals surface area contributed by atoms with Gasteiger partial charge in [0.25, 0.3) is 11.1 Å². The van der Waals surface area contributed by atoms with Gasteiger partial charge in [0, 0.05) is 16.8 Å². The number of hydrogen-bond acceptors (Lipinski definition) is 3. The lowest BCUT2D eigenvalue weighted by atomic mass is 10.2. The molecule has 1 N–H and O–H groups in total. The number of aryl methyl sites for hydroxylation is 1. The SMILES string of the molecule is Cc1c2c(=O)n(-c3ccc(Cl)cc3)[nH]c2cc(=O)n1Cc1ccco1. The molecule has 0 spiro atoms. The number of aromatic amines is 1. The molecule has 3 aromatic heterocycles. The molecule has 0 atom stereocenters. The van der Waals surface area contributed by atoms with Gasteiger partial charge < -0.3 is 8.98 Å². The molecule has 1 aromatic carbocycles. The molecule has 3 heterocycles. The van der Waals surface area contributed by atoms with Gasteiger partial charge in [0.15, 0.2) is 0 Å².